The molecular formula is C27H30F3N3O4. The second-order valence-corrected chi connectivity index (χ2v) is 9.61. The van der Waals surface area contributed by atoms with Crippen LogP contribution in [0.15, 0.2) is 48.5 Å². The van der Waals surface area contributed by atoms with Crippen molar-refractivity contribution in [3.05, 3.63) is 59.7 Å². The highest BCUT2D eigenvalue weighted by Gasteiger charge is 2.42. The first-order valence-electron chi connectivity index (χ1n) is 12.4. The predicted molar refractivity (Wildman–Crippen MR) is 131 cm³/mol. The summed E-state index contributed by atoms with van der Waals surface area (Å²) in [4.78, 5) is 36.8. The van der Waals surface area contributed by atoms with Gasteiger partial charge in [0, 0.05) is 31.7 Å². The Balaban J connectivity index is 1.30. The van der Waals surface area contributed by atoms with Crippen LogP contribution in [0.4, 0.5) is 24.5 Å². The van der Waals surface area contributed by atoms with Crippen molar-refractivity contribution >= 4 is 29.0 Å². The molecule has 2 fully saturated rings. The van der Waals surface area contributed by atoms with E-state index in [1.54, 1.807) is 24.3 Å². The fourth-order valence-electron chi connectivity index (χ4n) is 4.80. The second kappa shape index (κ2) is 11.3. The van der Waals surface area contributed by atoms with E-state index in [0.29, 0.717) is 50.8 Å². The van der Waals surface area contributed by atoms with E-state index in [9.17, 15) is 27.6 Å². The van der Waals surface area contributed by atoms with E-state index in [2.05, 4.69) is 16.0 Å². The summed E-state index contributed by atoms with van der Waals surface area (Å²) in [6.45, 7) is 1.02. The quantitative estimate of drug-likeness (QED) is 0.432. The molecule has 198 valence electrons. The highest BCUT2D eigenvalue weighted by molar-refractivity contribution is 5.92. The number of halogens is 3. The number of amides is 2. The van der Waals surface area contributed by atoms with E-state index in [1.165, 1.54) is 18.2 Å². The molecule has 10 heteroatoms. The van der Waals surface area contributed by atoms with Crippen molar-refractivity contribution in [2.45, 2.75) is 57.3 Å². The fourth-order valence-corrected chi connectivity index (χ4v) is 4.80. The second-order valence-electron chi connectivity index (χ2n) is 9.61. The lowest BCUT2D eigenvalue weighted by molar-refractivity contribution is -0.137. The van der Waals surface area contributed by atoms with Gasteiger partial charge in [0.2, 0.25) is 11.8 Å². The zero-order valence-corrected chi connectivity index (χ0v) is 20.3. The molecule has 2 saturated heterocycles. The summed E-state index contributed by atoms with van der Waals surface area (Å²) in [5, 5.41) is 8.43. The van der Waals surface area contributed by atoms with Crippen LogP contribution >= 0.6 is 0 Å². The highest BCUT2D eigenvalue weighted by atomic mass is 19.4. The van der Waals surface area contributed by atoms with Gasteiger partial charge in [-0.1, -0.05) is 24.3 Å². The van der Waals surface area contributed by atoms with E-state index in [-0.39, 0.29) is 36.4 Å². The maximum atomic E-state index is 13.2. The summed E-state index contributed by atoms with van der Waals surface area (Å²) < 4.78 is 45.2. The summed E-state index contributed by atoms with van der Waals surface area (Å²) in [5.74, 6) is -0.256. The lowest BCUT2D eigenvalue weighted by Crippen LogP contribution is -2.41. The number of hydrogen-bond acceptors (Lipinski definition) is 5. The summed E-state index contributed by atoms with van der Waals surface area (Å²) >= 11 is 0. The Labute approximate surface area is 213 Å². The third-order valence-electron chi connectivity index (χ3n) is 6.97. The normalized spacial score (nSPS) is 21.5. The van der Waals surface area contributed by atoms with E-state index in [1.807, 2.05) is 0 Å². The molecule has 2 atom stereocenters. The van der Waals surface area contributed by atoms with Gasteiger partial charge in [-0.2, -0.15) is 13.2 Å². The number of alkyl halides is 3. The van der Waals surface area contributed by atoms with Crippen molar-refractivity contribution in [1.29, 1.82) is 0 Å². The third kappa shape index (κ3) is 6.68. The zero-order valence-electron chi connectivity index (χ0n) is 20.3. The number of anilines is 2. The molecule has 0 saturated carbocycles. The molecule has 7 nitrogen and oxygen atoms in total. The van der Waals surface area contributed by atoms with Crippen molar-refractivity contribution in [3.8, 4) is 0 Å². The molecule has 2 amide bonds. The minimum atomic E-state index is -4.46. The van der Waals surface area contributed by atoms with Crippen molar-refractivity contribution in [2.24, 2.45) is 5.41 Å². The van der Waals surface area contributed by atoms with Gasteiger partial charge in [-0.05, 0) is 55.5 Å². The Morgan fingerprint density at radius 3 is 2.51 bits per heavy atom. The molecule has 0 aromatic heterocycles. The van der Waals surface area contributed by atoms with Gasteiger partial charge < -0.3 is 20.7 Å². The average molecular weight is 518 g/mol. The fraction of sp³-hybridized carbons (Fsp3) is 0.444. The summed E-state index contributed by atoms with van der Waals surface area (Å²) in [7, 11) is 0. The molecule has 2 heterocycles. The molecule has 2 aliphatic heterocycles. The van der Waals surface area contributed by atoms with Crippen LogP contribution in [0, 0.1) is 5.41 Å². The van der Waals surface area contributed by atoms with Crippen molar-refractivity contribution < 1.29 is 32.3 Å². The summed E-state index contributed by atoms with van der Waals surface area (Å²) in [5.41, 5.74) is -0.194. The number of Topliss-reactive ketones (excluding diaryl/α,β-unsaturated/α-hetero) is 1. The van der Waals surface area contributed by atoms with E-state index >= 15 is 0 Å². The van der Waals surface area contributed by atoms with E-state index in [0.717, 1.165) is 11.6 Å². The molecule has 2 aromatic rings. The van der Waals surface area contributed by atoms with Crippen molar-refractivity contribution in [3.63, 3.8) is 0 Å². The van der Waals surface area contributed by atoms with Gasteiger partial charge in [0.05, 0.1) is 29.3 Å². The molecule has 37 heavy (non-hydrogen) atoms. The molecule has 0 radical (unpaired) electrons. The monoisotopic (exact) mass is 517 g/mol. The summed E-state index contributed by atoms with van der Waals surface area (Å²) in [6, 6.07) is 11.7. The first-order valence-corrected chi connectivity index (χ1v) is 12.4. The Morgan fingerprint density at radius 1 is 1.11 bits per heavy atom. The third-order valence-corrected chi connectivity index (χ3v) is 6.97. The van der Waals surface area contributed by atoms with Crippen molar-refractivity contribution in [2.75, 3.05) is 18.5 Å². The van der Waals surface area contributed by atoms with Crippen LogP contribution in [0.2, 0.25) is 0 Å². The lowest BCUT2D eigenvalue weighted by atomic mass is 9.80. The van der Waals surface area contributed by atoms with Gasteiger partial charge in [0.1, 0.15) is 0 Å². The number of para-hydroxylation sites is 1. The molecule has 2 unspecified atom stereocenters. The molecule has 2 aromatic carbocycles. The van der Waals surface area contributed by atoms with Crippen LogP contribution < -0.4 is 16.0 Å². The molecule has 0 bridgehead atoms. The van der Waals surface area contributed by atoms with Crippen LogP contribution in [0.3, 0.4) is 0 Å². The van der Waals surface area contributed by atoms with Gasteiger partial charge in [-0.25, -0.2) is 0 Å². The predicted octanol–water partition coefficient (Wildman–Crippen LogP) is 4.49. The first-order chi connectivity index (χ1) is 17.7. The summed E-state index contributed by atoms with van der Waals surface area (Å²) in [6.07, 6.45) is -1.67. The molecule has 0 spiro atoms. The highest BCUT2D eigenvalue weighted by Crippen LogP contribution is 2.36. The first kappa shape index (κ1) is 26.7. The van der Waals surface area contributed by atoms with Gasteiger partial charge in [-0.15, -0.1) is 0 Å². The number of nitrogens with one attached hydrogen (secondary N) is 3. The maximum Gasteiger partial charge on any atom is 0.418 e. The zero-order chi connectivity index (χ0) is 26.5. The number of benzene rings is 2. The SMILES string of the molecule is O=C1CCC(C(=O)CCCC2(C(=O)NCc3ccc(Nc4ccccc4C(F)(F)F)cc3)CCOC2)N1. The van der Waals surface area contributed by atoms with E-state index in [4.69, 9.17) is 4.74 Å². The van der Waals surface area contributed by atoms with Crippen LogP contribution in [0.1, 0.15) is 49.7 Å². The van der Waals surface area contributed by atoms with Crippen LogP contribution in [-0.4, -0.2) is 36.9 Å². The van der Waals surface area contributed by atoms with Gasteiger partial charge >= 0.3 is 6.18 Å². The van der Waals surface area contributed by atoms with Gasteiger partial charge in [0.15, 0.2) is 5.78 Å². The lowest BCUT2D eigenvalue weighted by Gasteiger charge is -2.26. The Morgan fingerprint density at radius 2 is 1.86 bits per heavy atom. The number of ketones is 1. The standard InChI is InChI=1S/C27H30F3N3O4/c28-27(29,30)20-4-1-2-5-21(20)32-19-9-7-18(8-10-19)16-31-25(36)26(14-15-37-17-26)13-3-6-23(34)22-11-12-24(35)33-22/h1-2,4-5,7-10,22,32H,3,6,11-17H2,(H,31,36)(H,33,35). The molecule has 4 rings (SSSR count). The maximum absolute atomic E-state index is 13.2. The number of ether oxygens (including phenoxy) is 1. The number of carbonyl (C=O) groups excluding carboxylic acids is 3. The Bertz CT molecular complexity index is 1130. The molecular weight excluding hydrogens is 487 g/mol. The molecule has 3 N–H and O–H groups in total. The van der Waals surface area contributed by atoms with Crippen LogP contribution in [-0.2, 0) is 31.8 Å². The Kier molecular flexibility index (Phi) is 8.16. The van der Waals surface area contributed by atoms with Gasteiger partial charge in [0.25, 0.3) is 0 Å². The van der Waals surface area contributed by atoms with E-state index < -0.39 is 23.2 Å². The number of rotatable bonds is 10. The topological polar surface area (TPSA) is 96.5 Å². The minimum absolute atomic E-state index is 0.00752. The molecule has 2 aliphatic rings. The minimum Gasteiger partial charge on any atom is -0.380 e. The average Bonchev–Trinajstić information content (AvgIpc) is 3.53. The van der Waals surface area contributed by atoms with Crippen molar-refractivity contribution in [1.82, 2.24) is 10.6 Å². The smallest absolute Gasteiger partial charge is 0.380 e. The van der Waals surface area contributed by atoms with Crippen LogP contribution in [0.25, 0.3) is 0 Å². The molecule has 0 aliphatic carbocycles. The Hall–Kier alpha value is -3.40. The largest absolute Gasteiger partial charge is 0.418 e. The van der Waals surface area contributed by atoms with Crippen LogP contribution in [0.5, 0.6) is 0 Å². The number of carbonyl (C=O) groups is 3. The van der Waals surface area contributed by atoms with Gasteiger partial charge in [-0.3, -0.25) is 14.4 Å². The number of hydrogen-bond donors (Lipinski definition) is 3.